The van der Waals surface area contributed by atoms with Crippen LogP contribution in [0.4, 0.5) is 0 Å². The summed E-state index contributed by atoms with van der Waals surface area (Å²) in [6.45, 7) is 1.48. The van der Waals surface area contributed by atoms with Gasteiger partial charge in [-0.15, -0.1) is 22.7 Å². The molecule has 22 heavy (non-hydrogen) atoms. The van der Waals surface area contributed by atoms with Gasteiger partial charge in [-0.3, -0.25) is 9.59 Å². The fourth-order valence-electron chi connectivity index (χ4n) is 1.53. The molecular weight excluding hydrogens is 346 g/mol. The minimum Gasteiger partial charge on any atom is -0.453 e. The van der Waals surface area contributed by atoms with Crippen molar-refractivity contribution in [2.75, 3.05) is 6.61 Å². The van der Waals surface area contributed by atoms with Gasteiger partial charge in [0.15, 0.2) is 6.61 Å². The number of Topliss-reactive ketones (excluding diaryl/α,β-unsaturated/α-hetero) is 1. The highest BCUT2D eigenvalue weighted by molar-refractivity contribution is 7.17. The lowest BCUT2D eigenvalue weighted by molar-refractivity contribution is -0.119. The van der Waals surface area contributed by atoms with Crippen LogP contribution in [-0.4, -0.2) is 24.3 Å². The zero-order valence-electron chi connectivity index (χ0n) is 11.6. The van der Waals surface area contributed by atoms with Crippen molar-refractivity contribution in [3.05, 3.63) is 43.2 Å². The number of ether oxygens (including phenoxy) is 1. The van der Waals surface area contributed by atoms with Crippen LogP contribution in [0.15, 0.2) is 24.3 Å². The number of nitrogens with one attached hydrogen (secondary N) is 1. The number of halogens is 1. The molecule has 2 aromatic heterocycles. The minimum absolute atomic E-state index is 0.134. The maximum atomic E-state index is 12.0. The van der Waals surface area contributed by atoms with E-state index < -0.39 is 5.97 Å². The predicted octanol–water partition coefficient (Wildman–Crippen LogP) is 3.14. The molecule has 116 valence electrons. The van der Waals surface area contributed by atoms with Crippen molar-refractivity contribution in [3.8, 4) is 0 Å². The van der Waals surface area contributed by atoms with Gasteiger partial charge in [0.2, 0.25) is 11.7 Å². The molecule has 0 saturated carbocycles. The first-order valence-corrected chi connectivity index (χ1v) is 8.25. The van der Waals surface area contributed by atoms with E-state index in [1.165, 1.54) is 18.3 Å². The van der Waals surface area contributed by atoms with Crippen LogP contribution in [0, 0.1) is 0 Å². The van der Waals surface area contributed by atoms with Gasteiger partial charge >= 0.3 is 5.97 Å². The first kappa shape index (κ1) is 16.7. The van der Waals surface area contributed by atoms with Gasteiger partial charge in [-0.25, -0.2) is 4.79 Å². The fraction of sp³-hybridized carbons (Fsp3) is 0.214. The van der Waals surface area contributed by atoms with Crippen LogP contribution in [0.25, 0.3) is 0 Å². The van der Waals surface area contributed by atoms with Crippen molar-refractivity contribution < 1.29 is 19.1 Å². The number of carbonyl (C=O) groups is 3. The largest absolute Gasteiger partial charge is 0.453 e. The Hall–Kier alpha value is -1.70. The van der Waals surface area contributed by atoms with Crippen LogP contribution in [-0.2, 0) is 16.1 Å². The summed E-state index contributed by atoms with van der Waals surface area (Å²) in [6, 6.07) is 6.56. The lowest BCUT2D eigenvalue weighted by Gasteiger charge is -2.01. The average molecular weight is 358 g/mol. The molecule has 0 spiro atoms. The lowest BCUT2D eigenvalue weighted by atomic mass is 10.3. The quantitative estimate of drug-likeness (QED) is 0.636. The normalized spacial score (nSPS) is 10.3. The molecule has 8 heteroatoms. The van der Waals surface area contributed by atoms with Crippen LogP contribution in [0.1, 0.15) is 31.1 Å². The summed E-state index contributed by atoms with van der Waals surface area (Å²) in [4.78, 5) is 36.2. The van der Waals surface area contributed by atoms with E-state index in [1.54, 1.807) is 24.3 Å². The molecule has 2 aromatic rings. The van der Waals surface area contributed by atoms with E-state index in [0.717, 1.165) is 16.2 Å². The number of hydrogen-bond donors (Lipinski definition) is 1. The Morgan fingerprint density at radius 2 is 1.86 bits per heavy atom. The van der Waals surface area contributed by atoms with Crippen LogP contribution < -0.4 is 5.32 Å². The Morgan fingerprint density at radius 3 is 2.50 bits per heavy atom. The number of thiophene rings is 2. The fourth-order valence-corrected chi connectivity index (χ4v) is 3.34. The summed E-state index contributed by atoms with van der Waals surface area (Å²) in [6.07, 6.45) is 0. The van der Waals surface area contributed by atoms with Crippen LogP contribution in [0.2, 0.25) is 4.34 Å². The highest BCUT2D eigenvalue weighted by Gasteiger charge is 2.15. The third-order valence-electron chi connectivity index (χ3n) is 2.56. The second-order valence-corrected chi connectivity index (χ2v) is 7.16. The van der Waals surface area contributed by atoms with E-state index in [9.17, 15) is 14.4 Å². The Labute approximate surface area is 139 Å². The predicted molar refractivity (Wildman–Crippen MR) is 85.8 cm³/mol. The monoisotopic (exact) mass is 357 g/mol. The van der Waals surface area contributed by atoms with Gasteiger partial charge in [-0.05, 0) is 24.3 Å². The molecule has 1 N–H and O–H groups in total. The zero-order chi connectivity index (χ0) is 16.1. The van der Waals surface area contributed by atoms with Gasteiger partial charge in [0.1, 0.15) is 4.88 Å². The van der Waals surface area contributed by atoms with E-state index in [-0.39, 0.29) is 18.3 Å². The van der Waals surface area contributed by atoms with E-state index in [1.807, 2.05) is 0 Å². The third-order valence-corrected chi connectivity index (χ3v) is 4.89. The molecule has 0 aliphatic heterocycles. The lowest BCUT2D eigenvalue weighted by Crippen LogP contribution is -2.18. The molecule has 2 heterocycles. The first-order valence-electron chi connectivity index (χ1n) is 6.24. The second-order valence-electron chi connectivity index (χ2n) is 4.28. The van der Waals surface area contributed by atoms with Gasteiger partial charge in [-0.1, -0.05) is 11.6 Å². The van der Waals surface area contributed by atoms with Crippen LogP contribution in [0.3, 0.4) is 0 Å². The number of carbonyl (C=O) groups excluding carboxylic acids is 3. The number of amides is 1. The SMILES string of the molecule is CC(=O)NCc1ccc(C(=O)COC(=O)c2ccc(Cl)s2)s1. The van der Waals surface area contributed by atoms with Gasteiger partial charge in [0, 0.05) is 11.8 Å². The molecular formula is C14H12ClNO4S2. The molecule has 0 saturated heterocycles. The summed E-state index contributed by atoms with van der Waals surface area (Å²) >= 11 is 8.09. The van der Waals surface area contributed by atoms with Gasteiger partial charge in [-0.2, -0.15) is 0 Å². The molecule has 5 nitrogen and oxygen atoms in total. The van der Waals surface area contributed by atoms with E-state index in [4.69, 9.17) is 16.3 Å². The van der Waals surface area contributed by atoms with E-state index in [0.29, 0.717) is 20.6 Å². The standard InChI is InChI=1S/C14H12ClNO4S2/c1-8(17)16-6-9-2-3-11(21-9)10(18)7-20-14(19)12-4-5-13(15)22-12/h2-5H,6-7H2,1H3,(H,16,17). The molecule has 1 amide bonds. The van der Waals surface area contributed by atoms with E-state index in [2.05, 4.69) is 5.32 Å². The molecule has 2 rings (SSSR count). The maximum absolute atomic E-state index is 12.0. The molecule has 0 aliphatic rings. The second kappa shape index (κ2) is 7.53. The molecule has 0 aliphatic carbocycles. The summed E-state index contributed by atoms with van der Waals surface area (Å²) in [5, 5.41) is 2.65. The summed E-state index contributed by atoms with van der Waals surface area (Å²) in [5.74, 6) is -0.986. The molecule has 0 bridgehead atoms. The van der Waals surface area contributed by atoms with Crippen molar-refractivity contribution >= 4 is 51.9 Å². The van der Waals surface area contributed by atoms with Gasteiger partial charge in [0.05, 0.1) is 15.8 Å². The number of rotatable bonds is 6. The van der Waals surface area contributed by atoms with Gasteiger partial charge < -0.3 is 10.1 Å². The van der Waals surface area contributed by atoms with Gasteiger partial charge in [0.25, 0.3) is 0 Å². The smallest absolute Gasteiger partial charge is 0.348 e. The van der Waals surface area contributed by atoms with Crippen molar-refractivity contribution in [2.24, 2.45) is 0 Å². The third kappa shape index (κ3) is 4.66. The maximum Gasteiger partial charge on any atom is 0.348 e. The molecule has 0 radical (unpaired) electrons. The van der Waals surface area contributed by atoms with Crippen molar-refractivity contribution in [1.29, 1.82) is 0 Å². The minimum atomic E-state index is -0.569. The summed E-state index contributed by atoms with van der Waals surface area (Å²) in [5.41, 5.74) is 0. The topological polar surface area (TPSA) is 72.5 Å². The van der Waals surface area contributed by atoms with Crippen LogP contribution >= 0.6 is 34.3 Å². The highest BCUT2D eigenvalue weighted by Crippen LogP contribution is 2.22. The molecule has 0 unspecified atom stereocenters. The Balaban J connectivity index is 1.87. The van der Waals surface area contributed by atoms with Crippen molar-refractivity contribution in [2.45, 2.75) is 13.5 Å². The Morgan fingerprint density at radius 1 is 1.14 bits per heavy atom. The summed E-state index contributed by atoms with van der Waals surface area (Å²) in [7, 11) is 0. The molecule has 0 atom stereocenters. The summed E-state index contributed by atoms with van der Waals surface area (Å²) < 4.78 is 5.45. The van der Waals surface area contributed by atoms with E-state index >= 15 is 0 Å². The highest BCUT2D eigenvalue weighted by atomic mass is 35.5. The van der Waals surface area contributed by atoms with Crippen molar-refractivity contribution in [3.63, 3.8) is 0 Å². The van der Waals surface area contributed by atoms with Crippen LogP contribution in [0.5, 0.6) is 0 Å². The molecule has 0 aromatic carbocycles. The number of esters is 1. The Kier molecular flexibility index (Phi) is 5.70. The molecule has 0 fully saturated rings. The number of hydrogen-bond acceptors (Lipinski definition) is 6. The zero-order valence-corrected chi connectivity index (χ0v) is 13.9. The van der Waals surface area contributed by atoms with Crippen molar-refractivity contribution in [1.82, 2.24) is 5.32 Å². The number of ketones is 1. The Bertz CT molecular complexity index is 707. The average Bonchev–Trinajstić information content (AvgIpc) is 3.11. The first-order chi connectivity index (χ1) is 10.5.